The quantitative estimate of drug-likeness (QED) is 0.880. The first-order valence-corrected chi connectivity index (χ1v) is 6.86. The van der Waals surface area contributed by atoms with E-state index in [-0.39, 0.29) is 0 Å². The van der Waals surface area contributed by atoms with Gasteiger partial charge in [-0.2, -0.15) is 4.98 Å². The monoisotopic (exact) mass is 292 g/mol. The summed E-state index contributed by atoms with van der Waals surface area (Å²) in [7, 11) is 1.96. The van der Waals surface area contributed by atoms with E-state index in [1.54, 1.807) is 6.20 Å². The van der Waals surface area contributed by atoms with Gasteiger partial charge in [-0.05, 0) is 24.6 Å². The zero-order chi connectivity index (χ0) is 15.2. The molecule has 0 aliphatic rings. The van der Waals surface area contributed by atoms with Crippen LogP contribution in [-0.2, 0) is 0 Å². The lowest BCUT2D eigenvalue weighted by Gasteiger charge is -2.18. The number of unbranched alkanes of at least 4 members (excludes halogenated alkanes) is 1. The topological polar surface area (TPSA) is 41.1 Å². The minimum Gasteiger partial charge on any atom is -0.360 e. The highest BCUT2D eigenvalue weighted by Gasteiger charge is 2.06. The van der Waals surface area contributed by atoms with Gasteiger partial charge in [-0.3, -0.25) is 0 Å². The van der Waals surface area contributed by atoms with Crippen molar-refractivity contribution < 1.29 is 8.78 Å². The molecule has 0 amide bonds. The Labute approximate surface area is 122 Å². The molecule has 0 saturated heterocycles. The Kier molecular flexibility index (Phi) is 5.03. The van der Waals surface area contributed by atoms with E-state index in [0.29, 0.717) is 11.6 Å². The molecular weight excluding hydrogens is 274 g/mol. The van der Waals surface area contributed by atoms with Crippen LogP contribution in [0, 0.1) is 11.6 Å². The molecule has 0 radical (unpaired) electrons. The molecule has 0 unspecified atom stereocenters. The molecule has 0 atom stereocenters. The van der Waals surface area contributed by atoms with Crippen LogP contribution in [0.5, 0.6) is 0 Å². The molecule has 1 aromatic carbocycles. The third kappa shape index (κ3) is 4.11. The normalized spacial score (nSPS) is 10.5. The first-order chi connectivity index (χ1) is 10.1. The van der Waals surface area contributed by atoms with E-state index < -0.39 is 11.6 Å². The molecule has 2 aromatic rings. The largest absolute Gasteiger partial charge is 0.360 e. The first kappa shape index (κ1) is 15.2. The van der Waals surface area contributed by atoms with Gasteiger partial charge >= 0.3 is 0 Å². The molecule has 0 aliphatic heterocycles. The molecular formula is C15H18F2N4. The summed E-state index contributed by atoms with van der Waals surface area (Å²) in [6, 6.07) is 5.39. The van der Waals surface area contributed by atoms with Crippen LogP contribution in [0.3, 0.4) is 0 Å². The summed E-state index contributed by atoms with van der Waals surface area (Å²) in [6.07, 6.45) is 3.81. The zero-order valence-electron chi connectivity index (χ0n) is 12.1. The van der Waals surface area contributed by atoms with Crippen LogP contribution in [-0.4, -0.2) is 23.6 Å². The van der Waals surface area contributed by atoms with Crippen LogP contribution >= 0.6 is 0 Å². The zero-order valence-corrected chi connectivity index (χ0v) is 12.1. The molecule has 0 aliphatic carbocycles. The molecule has 1 N–H and O–H groups in total. The Bertz CT molecular complexity index is 604. The average Bonchev–Trinajstić information content (AvgIpc) is 2.49. The first-order valence-electron chi connectivity index (χ1n) is 6.86. The van der Waals surface area contributed by atoms with Gasteiger partial charge in [0, 0.05) is 31.5 Å². The number of hydrogen-bond donors (Lipinski definition) is 1. The van der Waals surface area contributed by atoms with Crippen molar-refractivity contribution in [3.63, 3.8) is 0 Å². The second kappa shape index (κ2) is 6.97. The third-order valence-corrected chi connectivity index (χ3v) is 3.05. The minimum atomic E-state index is -0.906. The molecule has 0 fully saturated rings. The molecule has 1 heterocycles. The Balaban J connectivity index is 2.11. The molecule has 0 saturated carbocycles. The van der Waals surface area contributed by atoms with E-state index in [0.717, 1.165) is 37.3 Å². The van der Waals surface area contributed by atoms with Gasteiger partial charge in [0.2, 0.25) is 5.95 Å². The number of halogens is 2. The third-order valence-electron chi connectivity index (χ3n) is 3.05. The molecule has 112 valence electrons. The van der Waals surface area contributed by atoms with Crippen LogP contribution in [0.1, 0.15) is 19.8 Å². The van der Waals surface area contributed by atoms with Gasteiger partial charge < -0.3 is 10.2 Å². The molecule has 1 aromatic heterocycles. The second-order valence-electron chi connectivity index (χ2n) is 4.77. The van der Waals surface area contributed by atoms with Crippen molar-refractivity contribution in [1.29, 1.82) is 0 Å². The fourth-order valence-corrected chi connectivity index (χ4v) is 1.83. The fourth-order valence-electron chi connectivity index (χ4n) is 1.83. The summed E-state index contributed by atoms with van der Waals surface area (Å²) in [5, 5.41) is 2.87. The fraction of sp³-hybridized carbons (Fsp3) is 0.333. The number of nitrogens with one attached hydrogen (secondary N) is 1. The van der Waals surface area contributed by atoms with Gasteiger partial charge in [0.15, 0.2) is 11.6 Å². The molecule has 21 heavy (non-hydrogen) atoms. The second-order valence-corrected chi connectivity index (χ2v) is 4.77. The van der Waals surface area contributed by atoms with Crippen LogP contribution in [0.4, 0.5) is 26.2 Å². The van der Waals surface area contributed by atoms with Crippen LogP contribution < -0.4 is 10.2 Å². The standard InChI is InChI=1S/C15H18F2N4/c1-3-4-9-21(2)14-7-8-18-15(20-14)19-11-5-6-12(16)13(17)10-11/h5-8,10H,3-4,9H2,1-2H3,(H,18,19,20). The van der Waals surface area contributed by atoms with Crippen LogP contribution in [0.25, 0.3) is 0 Å². The Hall–Kier alpha value is -2.24. The summed E-state index contributed by atoms with van der Waals surface area (Å²) >= 11 is 0. The van der Waals surface area contributed by atoms with E-state index in [1.807, 2.05) is 18.0 Å². The number of nitrogens with zero attached hydrogens (tertiary/aromatic N) is 3. The van der Waals surface area contributed by atoms with Gasteiger partial charge in [0.1, 0.15) is 5.82 Å². The van der Waals surface area contributed by atoms with Crippen molar-refractivity contribution in [1.82, 2.24) is 9.97 Å². The van der Waals surface area contributed by atoms with Crippen LogP contribution in [0.2, 0.25) is 0 Å². The summed E-state index contributed by atoms with van der Waals surface area (Å²) in [5.74, 6) is -0.656. The van der Waals surface area contributed by atoms with Gasteiger partial charge in [0.05, 0.1) is 0 Å². The molecule has 0 spiro atoms. The highest BCUT2D eigenvalue weighted by molar-refractivity contribution is 5.54. The van der Waals surface area contributed by atoms with Gasteiger partial charge in [-0.25, -0.2) is 13.8 Å². The van der Waals surface area contributed by atoms with Crippen molar-refractivity contribution in [3.8, 4) is 0 Å². The number of rotatable bonds is 6. The van der Waals surface area contributed by atoms with E-state index >= 15 is 0 Å². The summed E-state index contributed by atoms with van der Waals surface area (Å²) < 4.78 is 26.0. The summed E-state index contributed by atoms with van der Waals surface area (Å²) in [6.45, 7) is 3.03. The van der Waals surface area contributed by atoms with Crippen molar-refractivity contribution in [2.75, 3.05) is 23.8 Å². The maximum absolute atomic E-state index is 13.2. The van der Waals surface area contributed by atoms with Gasteiger partial charge in [-0.1, -0.05) is 13.3 Å². The highest BCUT2D eigenvalue weighted by Crippen LogP contribution is 2.18. The molecule has 6 heteroatoms. The Morgan fingerprint density at radius 3 is 2.71 bits per heavy atom. The Morgan fingerprint density at radius 2 is 2.00 bits per heavy atom. The van der Waals surface area contributed by atoms with E-state index in [1.165, 1.54) is 6.07 Å². The van der Waals surface area contributed by atoms with E-state index in [2.05, 4.69) is 22.2 Å². The lowest BCUT2D eigenvalue weighted by molar-refractivity contribution is 0.509. The SMILES string of the molecule is CCCCN(C)c1ccnc(Nc2ccc(F)c(F)c2)n1. The minimum absolute atomic E-state index is 0.349. The van der Waals surface area contributed by atoms with Crippen molar-refractivity contribution in [3.05, 3.63) is 42.1 Å². The van der Waals surface area contributed by atoms with Crippen molar-refractivity contribution in [2.24, 2.45) is 0 Å². The lowest BCUT2D eigenvalue weighted by Crippen LogP contribution is -2.19. The molecule has 2 rings (SSSR count). The van der Waals surface area contributed by atoms with Crippen molar-refractivity contribution in [2.45, 2.75) is 19.8 Å². The maximum Gasteiger partial charge on any atom is 0.229 e. The average molecular weight is 292 g/mol. The highest BCUT2D eigenvalue weighted by atomic mass is 19.2. The smallest absolute Gasteiger partial charge is 0.229 e. The summed E-state index contributed by atoms with van der Waals surface area (Å²) in [5.41, 5.74) is 0.405. The van der Waals surface area contributed by atoms with Crippen molar-refractivity contribution >= 4 is 17.5 Å². The van der Waals surface area contributed by atoms with Gasteiger partial charge in [-0.15, -0.1) is 0 Å². The number of anilines is 3. The number of benzene rings is 1. The molecule has 0 bridgehead atoms. The Morgan fingerprint density at radius 1 is 1.19 bits per heavy atom. The lowest BCUT2D eigenvalue weighted by atomic mass is 10.3. The van der Waals surface area contributed by atoms with E-state index in [4.69, 9.17) is 0 Å². The molecule has 4 nitrogen and oxygen atoms in total. The number of aromatic nitrogens is 2. The van der Waals surface area contributed by atoms with Gasteiger partial charge in [0.25, 0.3) is 0 Å². The predicted molar refractivity (Wildman–Crippen MR) is 79.9 cm³/mol. The van der Waals surface area contributed by atoms with E-state index in [9.17, 15) is 8.78 Å². The summed E-state index contributed by atoms with van der Waals surface area (Å²) in [4.78, 5) is 10.5. The maximum atomic E-state index is 13.2. The van der Waals surface area contributed by atoms with Crippen LogP contribution in [0.15, 0.2) is 30.5 Å². The predicted octanol–water partition coefficient (Wildman–Crippen LogP) is 3.73. The number of hydrogen-bond acceptors (Lipinski definition) is 4.